The van der Waals surface area contributed by atoms with Crippen LogP contribution in [0, 0.1) is 6.92 Å². The fraction of sp³-hybridized carbons (Fsp3) is 0.348. The topological polar surface area (TPSA) is 54.9 Å². The number of benzene rings is 2. The van der Waals surface area contributed by atoms with Crippen LogP contribution >= 0.6 is 0 Å². The Bertz CT molecular complexity index is 997. The highest BCUT2D eigenvalue weighted by Gasteiger charge is 2.20. The molecule has 0 spiro atoms. The lowest BCUT2D eigenvalue weighted by molar-refractivity contribution is 0.209. The molecule has 146 valence electrons. The van der Waals surface area contributed by atoms with Crippen molar-refractivity contribution in [2.75, 3.05) is 31.1 Å². The summed E-state index contributed by atoms with van der Waals surface area (Å²) in [5, 5.41) is 11.2. The third-order valence-corrected chi connectivity index (χ3v) is 5.63. The van der Waals surface area contributed by atoms with E-state index in [1.807, 2.05) is 24.3 Å². The summed E-state index contributed by atoms with van der Waals surface area (Å²) < 4.78 is 0. The minimum Gasteiger partial charge on any atom is -0.494 e. The summed E-state index contributed by atoms with van der Waals surface area (Å²) >= 11 is 0. The molecule has 1 fully saturated rings. The number of fused-ring (bicyclic) bond motifs is 1. The number of hydrogen-bond donors (Lipinski definition) is 2. The van der Waals surface area contributed by atoms with E-state index < -0.39 is 0 Å². The molecule has 2 N–H and O–H groups in total. The zero-order valence-electron chi connectivity index (χ0n) is 16.8. The van der Waals surface area contributed by atoms with Crippen molar-refractivity contribution in [2.45, 2.75) is 26.8 Å². The molecule has 0 atom stereocenters. The predicted octanol–water partition coefficient (Wildman–Crippen LogP) is 4.46. The molecule has 1 aliphatic rings. The molecule has 0 radical (unpaired) electrons. The second kappa shape index (κ2) is 7.68. The zero-order valence-corrected chi connectivity index (χ0v) is 16.8. The number of aromatic nitrogens is 1. The van der Waals surface area contributed by atoms with Gasteiger partial charge in [-0.25, -0.2) is 0 Å². The first-order valence-corrected chi connectivity index (χ1v) is 9.96. The van der Waals surface area contributed by atoms with E-state index in [0.717, 1.165) is 48.3 Å². The molecular formula is C23H28N4O. The lowest BCUT2D eigenvalue weighted by atomic mass is 10.1. The molecule has 1 saturated heterocycles. The van der Waals surface area contributed by atoms with Gasteiger partial charge in [-0.1, -0.05) is 18.2 Å². The third-order valence-electron chi connectivity index (χ3n) is 5.63. The van der Waals surface area contributed by atoms with E-state index >= 15 is 0 Å². The number of para-hydroxylation sites is 1. The van der Waals surface area contributed by atoms with Crippen LogP contribution in [0.15, 0.2) is 47.5 Å². The average Bonchev–Trinajstić information content (AvgIpc) is 3.01. The smallest absolute Gasteiger partial charge is 0.198 e. The molecule has 5 nitrogen and oxygen atoms in total. The molecule has 28 heavy (non-hydrogen) atoms. The van der Waals surface area contributed by atoms with E-state index in [0.29, 0.717) is 6.04 Å². The van der Waals surface area contributed by atoms with Gasteiger partial charge in [-0.05, 0) is 50.6 Å². The molecule has 1 aliphatic heterocycles. The number of aromatic amines is 1. The largest absolute Gasteiger partial charge is 0.494 e. The van der Waals surface area contributed by atoms with Gasteiger partial charge in [0.05, 0.1) is 11.3 Å². The molecule has 0 bridgehead atoms. The molecule has 4 rings (SSSR count). The van der Waals surface area contributed by atoms with Crippen molar-refractivity contribution >= 4 is 28.5 Å². The average molecular weight is 377 g/mol. The number of aryl methyl sites for hydroxylation is 1. The van der Waals surface area contributed by atoms with Crippen molar-refractivity contribution < 1.29 is 5.11 Å². The molecule has 2 heterocycles. The molecule has 3 aromatic rings. The SMILES string of the molecule is Cc1cc(N=Cc2c(O)[nH]c3ccccc23)ccc1N1CCN(C(C)C)CC1. The number of piperazine rings is 1. The van der Waals surface area contributed by atoms with Crippen molar-refractivity contribution in [1.82, 2.24) is 9.88 Å². The monoisotopic (exact) mass is 376 g/mol. The van der Waals surface area contributed by atoms with Crippen LogP contribution in [-0.2, 0) is 0 Å². The second-order valence-electron chi connectivity index (χ2n) is 7.78. The summed E-state index contributed by atoms with van der Waals surface area (Å²) in [5.41, 5.74) is 5.05. The predicted molar refractivity (Wildman–Crippen MR) is 117 cm³/mol. The maximum atomic E-state index is 10.2. The third kappa shape index (κ3) is 3.62. The Kier molecular flexibility index (Phi) is 5.09. The van der Waals surface area contributed by atoms with Crippen molar-refractivity contribution in [1.29, 1.82) is 0 Å². The number of nitrogens with one attached hydrogen (secondary N) is 1. The Labute approximate surface area is 166 Å². The quantitative estimate of drug-likeness (QED) is 0.661. The molecule has 0 saturated carbocycles. The number of H-pyrrole nitrogens is 1. The highest BCUT2D eigenvalue weighted by atomic mass is 16.3. The van der Waals surface area contributed by atoms with Crippen LogP contribution in [0.1, 0.15) is 25.0 Å². The number of nitrogens with zero attached hydrogens (tertiary/aromatic N) is 3. The zero-order chi connectivity index (χ0) is 19.7. The van der Waals surface area contributed by atoms with E-state index in [2.05, 4.69) is 58.7 Å². The van der Waals surface area contributed by atoms with Crippen LogP contribution in [-0.4, -0.2) is 53.4 Å². The molecule has 1 aromatic heterocycles. The van der Waals surface area contributed by atoms with Gasteiger partial charge >= 0.3 is 0 Å². The number of anilines is 1. The summed E-state index contributed by atoms with van der Waals surface area (Å²) in [5.74, 6) is 0.154. The van der Waals surface area contributed by atoms with E-state index in [4.69, 9.17) is 0 Å². The van der Waals surface area contributed by atoms with E-state index in [1.54, 1.807) is 6.21 Å². The summed E-state index contributed by atoms with van der Waals surface area (Å²) in [6, 6.07) is 14.8. The Morgan fingerprint density at radius 3 is 2.54 bits per heavy atom. The Hall–Kier alpha value is -2.79. The van der Waals surface area contributed by atoms with Crippen molar-refractivity contribution in [2.24, 2.45) is 4.99 Å². The highest BCUT2D eigenvalue weighted by molar-refractivity contribution is 6.02. The molecule has 2 aromatic carbocycles. The number of hydrogen-bond acceptors (Lipinski definition) is 4. The Balaban J connectivity index is 1.52. The maximum absolute atomic E-state index is 10.2. The number of aromatic hydroxyl groups is 1. The van der Waals surface area contributed by atoms with E-state index in [9.17, 15) is 5.11 Å². The van der Waals surface area contributed by atoms with Crippen LogP contribution in [0.2, 0.25) is 0 Å². The van der Waals surface area contributed by atoms with Gasteiger partial charge in [0, 0.05) is 55.0 Å². The van der Waals surface area contributed by atoms with E-state index in [-0.39, 0.29) is 5.88 Å². The molecule has 0 aliphatic carbocycles. The van der Waals surface area contributed by atoms with Gasteiger partial charge in [0.2, 0.25) is 0 Å². The van der Waals surface area contributed by atoms with Crippen LogP contribution in [0.5, 0.6) is 5.88 Å². The standard InChI is InChI=1S/C23H28N4O/c1-16(2)26-10-12-27(13-11-26)22-9-8-18(14-17(22)3)24-15-20-19-6-4-5-7-21(19)25-23(20)28/h4-9,14-16,25,28H,10-13H2,1-3H3. The van der Waals surface area contributed by atoms with Crippen LogP contribution in [0.4, 0.5) is 11.4 Å². The van der Waals surface area contributed by atoms with Gasteiger partial charge in [-0.15, -0.1) is 0 Å². The first kappa shape index (κ1) is 18.6. The normalized spacial score (nSPS) is 15.9. The lowest BCUT2D eigenvalue weighted by Gasteiger charge is -2.38. The lowest BCUT2D eigenvalue weighted by Crippen LogP contribution is -2.49. The molecule has 0 amide bonds. The molecular weight excluding hydrogens is 348 g/mol. The molecule has 0 unspecified atom stereocenters. The first-order valence-electron chi connectivity index (χ1n) is 9.96. The first-order chi connectivity index (χ1) is 13.5. The summed E-state index contributed by atoms with van der Waals surface area (Å²) in [6.07, 6.45) is 1.74. The van der Waals surface area contributed by atoms with E-state index in [1.165, 1.54) is 11.3 Å². The van der Waals surface area contributed by atoms with Crippen molar-refractivity contribution in [3.8, 4) is 5.88 Å². The number of aliphatic imine (C=N–C) groups is 1. The fourth-order valence-electron chi connectivity index (χ4n) is 3.97. The summed E-state index contributed by atoms with van der Waals surface area (Å²) in [4.78, 5) is 12.6. The Morgan fingerprint density at radius 2 is 1.82 bits per heavy atom. The van der Waals surface area contributed by atoms with Crippen LogP contribution in [0.3, 0.4) is 0 Å². The van der Waals surface area contributed by atoms with Crippen LogP contribution in [0.25, 0.3) is 10.9 Å². The van der Waals surface area contributed by atoms with Gasteiger partial charge in [0.1, 0.15) is 0 Å². The Morgan fingerprint density at radius 1 is 1.07 bits per heavy atom. The number of rotatable bonds is 4. The van der Waals surface area contributed by atoms with Gasteiger partial charge in [0.15, 0.2) is 5.88 Å². The second-order valence-corrected chi connectivity index (χ2v) is 7.78. The molecule has 5 heteroatoms. The van der Waals surface area contributed by atoms with Gasteiger partial charge in [-0.2, -0.15) is 0 Å². The van der Waals surface area contributed by atoms with Gasteiger partial charge in [-0.3, -0.25) is 9.89 Å². The highest BCUT2D eigenvalue weighted by Crippen LogP contribution is 2.28. The van der Waals surface area contributed by atoms with Gasteiger partial charge in [0.25, 0.3) is 0 Å². The van der Waals surface area contributed by atoms with Gasteiger partial charge < -0.3 is 15.0 Å². The van der Waals surface area contributed by atoms with Crippen molar-refractivity contribution in [3.63, 3.8) is 0 Å². The van der Waals surface area contributed by atoms with Crippen LogP contribution < -0.4 is 4.90 Å². The van der Waals surface area contributed by atoms with Crippen molar-refractivity contribution in [3.05, 3.63) is 53.6 Å². The maximum Gasteiger partial charge on any atom is 0.198 e. The summed E-state index contributed by atoms with van der Waals surface area (Å²) in [7, 11) is 0. The fourth-order valence-corrected chi connectivity index (χ4v) is 3.97. The summed E-state index contributed by atoms with van der Waals surface area (Å²) in [6.45, 7) is 11.0. The minimum atomic E-state index is 0.154. The minimum absolute atomic E-state index is 0.154.